The molecule has 0 saturated carbocycles. The van der Waals surface area contributed by atoms with Gasteiger partial charge in [-0.15, -0.1) is 0 Å². The largest absolute Gasteiger partial charge is 0.469 e. The Kier molecular flexibility index (Phi) is 9.49. The van der Waals surface area contributed by atoms with Crippen molar-refractivity contribution in [3.8, 4) is 33.6 Å². The maximum Gasteiger partial charge on any atom is 0.305 e. The minimum Gasteiger partial charge on any atom is -0.469 e. The van der Waals surface area contributed by atoms with E-state index in [9.17, 15) is 4.79 Å². The van der Waals surface area contributed by atoms with Crippen molar-refractivity contribution >= 4 is 5.97 Å². The van der Waals surface area contributed by atoms with Crippen LogP contribution in [0.5, 0.6) is 0 Å². The second kappa shape index (κ2) is 13.4. The van der Waals surface area contributed by atoms with Crippen LogP contribution in [0.25, 0.3) is 33.6 Å². The highest BCUT2D eigenvalue weighted by Gasteiger charge is 2.21. The molecule has 4 heteroatoms. The van der Waals surface area contributed by atoms with Gasteiger partial charge in [0.05, 0.1) is 12.8 Å². The number of methoxy groups -OCH3 is 1. The van der Waals surface area contributed by atoms with Gasteiger partial charge in [-0.3, -0.25) is 9.48 Å². The Bertz CT molecular complexity index is 1200. The van der Waals surface area contributed by atoms with Crippen LogP contribution in [0.3, 0.4) is 0 Å². The van der Waals surface area contributed by atoms with E-state index in [2.05, 4.69) is 95.7 Å². The molecule has 1 aromatic heterocycles. The minimum atomic E-state index is -0.104. The van der Waals surface area contributed by atoms with E-state index < -0.39 is 0 Å². The fourth-order valence-electron chi connectivity index (χ4n) is 4.71. The van der Waals surface area contributed by atoms with Gasteiger partial charge < -0.3 is 4.74 Å². The smallest absolute Gasteiger partial charge is 0.305 e. The van der Waals surface area contributed by atoms with Crippen molar-refractivity contribution in [3.63, 3.8) is 0 Å². The minimum absolute atomic E-state index is 0.104. The lowest BCUT2D eigenvalue weighted by molar-refractivity contribution is -0.140. The normalized spacial score (nSPS) is 10.9. The van der Waals surface area contributed by atoms with Crippen molar-refractivity contribution < 1.29 is 9.53 Å². The zero-order valence-electron chi connectivity index (χ0n) is 21.2. The number of rotatable bonds is 13. The lowest BCUT2D eigenvalue weighted by Crippen LogP contribution is -2.03. The maximum atomic E-state index is 11.2. The van der Waals surface area contributed by atoms with Gasteiger partial charge in [-0.1, -0.05) is 123 Å². The van der Waals surface area contributed by atoms with Gasteiger partial charge in [-0.25, -0.2) is 0 Å². The highest BCUT2D eigenvalue weighted by molar-refractivity contribution is 5.91. The average Bonchev–Trinajstić information content (AvgIpc) is 3.33. The molecule has 0 N–H and O–H groups in total. The average molecular weight is 481 g/mol. The summed E-state index contributed by atoms with van der Waals surface area (Å²) in [6.07, 6.45) is 8.39. The molecule has 0 spiro atoms. The van der Waals surface area contributed by atoms with Crippen molar-refractivity contribution in [2.45, 2.75) is 57.9 Å². The van der Waals surface area contributed by atoms with Gasteiger partial charge in [0.25, 0.3) is 0 Å². The summed E-state index contributed by atoms with van der Waals surface area (Å²) >= 11 is 0. The number of hydrogen-bond acceptors (Lipinski definition) is 3. The third-order valence-electron chi connectivity index (χ3n) is 6.59. The quantitative estimate of drug-likeness (QED) is 0.143. The van der Waals surface area contributed by atoms with Crippen LogP contribution in [0.1, 0.15) is 51.4 Å². The van der Waals surface area contributed by atoms with E-state index in [1.165, 1.54) is 55.2 Å². The molecule has 0 aliphatic rings. The Hall–Kier alpha value is -3.66. The van der Waals surface area contributed by atoms with Crippen molar-refractivity contribution in [2.24, 2.45) is 0 Å². The van der Waals surface area contributed by atoms with Crippen molar-refractivity contribution in [1.29, 1.82) is 0 Å². The summed E-state index contributed by atoms with van der Waals surface area (Å²) in [5, 5.41) is 5.19. The molecule has 0 radical (unpaired) electrons. The Morgan fingerprint density at radius 3 is 1.75 bits per heavy atom. The molecule has 0 bridgehead atoms. The first-order valence-corrected chi connectivity index (χ1v) is 13.1. The number of benzene rings is 3. The van der Waals surface area contributed by atoms with Crippen LogP contribution in [0.15, 0.2) is 91.0 Å². The molecule has 0 amide bonds. The summed E-state index contributed by atoms with van der Waals surface area (Å²) in [5.74, 6) is -0.104. The number of ether oxygens (including phenoxy) is 1. The summed E-state index contributed by atoms with van der Waals surface area (Å²) in [6.45, 7) is 0.888. The standard InChI is InChI=1S/C32H36N2O2/c1-36-29(35)24-16-5-3-2-4-6-17-25-34-32(28-22-14-9-15-23-28)30(26-18-10-7-11-19-26)31(33-34)27-20-12-8-13-21-27/h7-15,18-23H,2-6,16-17,24-25H2,1H3. The number of carbonyl (C=O) groups excluding carboxylic acids is 1. The Labute approximate surface area is 214 Å². The van der Waals surface area contributed by atoms with E-state index in [1.54, 1.807) is 0 Å². The zero-order valence-corrected chi connectivity index (χ0v) is 21.2. The molecule has 0 atom stereocenters. The second-order valence-corrected chi connectivity index (χ2v) is 9.19. The summed E-state index contributed by atoms with van der Waals surface area (Å²) in [4.78, 5) is 11.2. The van der Waals surface area contributed by atoms with Gasteiger partial charge >= 0.3 is 5.97 Å². The predicted molar refractivity (Wildman–Crippen MR) is 147 cm³/mol. The summed E-state index contributed by atoms with van der Waals surface area (Å²) in [6, 6.07) is 31.8. The van der Waals surface area contributed by atoms with Crippen LogP contribution in [-0.2, 0) is 16.1 Å². The zero-order chi connectivity index (χ0) is 25.0. The third-order valence-corrected chi connectivity index (χ3v) is 6.59. The van der Waals surface area contributed by atoms with Gasteiger partial charge in [0.15, 0.2) is 0 Å². The summed E-state index contributed by atoms with van der Waals surface area (Å²) < 4.78 is 6.93. The Morgan fingerprint density at radius 2 is 1.17 bits per heavy atom. The van der Waals surface area contributed by atoms with Gasteiger partial charge in [0, 0.05) is 29.7 Å². The molecule has 0 aliphatic carbocycles. The van der Waals surface area contributed by atoms with Crippen LogP contribution in [0.2, 0.25) is 0 Å². The molecular formula is C32H36N2O2. The first-order valence-electron chi connectivity index (χ1n) is 13.1. The molecule has 186 valence electrons. The summed E-state index contributed by atoms with van der Waals surface area (Å²) in [5.41, 5.74) is 6.93. The molecule has 1 heterocycles. The van der Waals surface area contributed by atoms with Gasteiger partial charge in [0.2, 0.25) is 0 Å². The van der Waals surface area contributed by atoms with Crippen LogP contribution in [0, 0.1) is 0 Å². The lowest BCUT2D eigenvalue weighted by Gasteiger charge is -2.11. The first kappa shape index (κ1) is 25.4. The third kappa shape index (κ3) is 6.72. The predicted octanol–water partition coefficient (Wildman–Crippen LogP) is 8.18. The number of aromatic nitrogens is 2. The Balaban J connectivity index is 1.51. The van der Waals surface area contributed by atoms with E-state index >= 15 is 0 Å². The fraction of sp³-hybridized carbons (Fsp3) is 0.312. The first-order chi connectivity index (χ1) is 17.8. The van der Waals surface area contributed by atoms with E-state index in [0.717, 1.165) is 37.1 Å². The number of nitrogens with zero attached hydrogens (tertiary/aromatic N) is 2. The highest BCUT2D eigenvalue weighted by atomic mass is 16.5. The van der Waals surface area contributed by atoms with Crippen LogP contribution in [-0.4, -0.2) is 22.9 Å². The Morgan fingerprint density at radius 1 is 0.667 bits per heavy atom. The molecule has 3 aromatic carbocycles. The van der Waals surface area contributed by atoms with Gasteiger partial charge in [-0.05, 0) is 18.4 Å². The fourth-order valence-corrected chi connectivity index (χ4v) is 4.71. The van der Waals surface area contributed by atoms with E-state index in [1.807, 2.05) is 0 Å². The number of unbranched alkanes of at least 4 members (excludes halogenated alkanes) is 6. The van der Waals surface area contributed by atoms with Gasteiger partial charge in [0.1, 0.15) is 5.69 Å². The van der Waals surface area contributed by atoms with Crippen molar-refractivity contribution in [3.05, 3.63) is 91.0 Å². The van der Waals surface area contributed by atoms with Crippen LogP contribution >= 0.6 is 0 Å². The van der Waals surface area contributed by atoms with Crippen LogP contribution < -0.4 is 0 Å². The van der Waals surface area contributed by atoms with E-state index in [-0.39, 0.29) is 5.97 Å². The van der Waals surface area contributed by atoms with Crippen molar-refractivity contribution in [2.75, 3.05) is 7.11 Å². The molecule has 36 heavy (non-hydrogen) atoms. The molecule has 0 saturated heterocycles. The maximum absolute atomic E-state index is 11.2. The van der Waals surface area contributed by atoms with Crippen molar-refractivity contribution in [1.82, 2.24) is 9.78 Å². The number of hydrogen-bond donors (Lipinski definition) is 0. The summed E-state index contributed by atoms with van der Waals surface area (Å²) in [7, 11) is 1.46. The van der Waals surface area contributed by atoms with Gasteiger partial charge in [-0.2, -0.15) is 5.10 Å². The molecule has 0 aliphatic heterocycles. The number of carbonyl (C=O) groups is 1. The highest BCUT2D eigenvalue weighted by Crippen LogP contribution is 2.40. The lowest BCUT2D eigenvalue weighted by atomic mass is 9.96. The molecule has 4 rings (SSSR count). The molecule has 0 unspecified atom stereocenters. The number of aryl methyl sites for hydroxylation is 1. The molecule has 0 fully saturated rings. The second-order valence-electron chi connectivity index (χ2n) is 9.19. The molecular weight excluding hydrogens is 444 g/mol. The molecule has 4 nitrogen and oxygen atoms in total. The topological polar surface area (TPSA) is 44.1 Å². The SMILES string of the molecule is COC(=O)CCCCCCCCCn1nc(-c2ccccc2)c(-c2ccccc2)c1-c1ccccc1. The van der Waals surface area contributed by atoms with E-state index in [0.29, 0.717) is 6.42 Å². The number of esters is 1. The van der Waals surface area contributed by atoms with Crippen LogP contribution in [0.4, 0.5) is 0 Å². The molecule has 4 aromatic rings. The van der Waals surface area contributed by atoms with E-state index in [4.69, 9.17) is 9.84 Å². The monoisotopic (exact) mass is 480 g/mol.